The Morgan fingerprint density at radius 2 is 1.85 bits per heavy atom. The van der Waals surface area contributed by atoms with Gasteiger partial charge in [0.05, 0.1) is 6.61 Å². The highest BCUT2D eigenvalue weighted by molar-refractivity contribution is 5.59. The maximum absolute atomic E-state index is 6.12. The SMILES string of the molecule is C/C=C/c1cc(C)c(C)cc1OCC(CC)CCCC. The van der Waals surface area contributed by atoms with Crippen LogP contribution >= 0.6 is 0 Å². The Hall–Kier alpha value is -1.24. The van der Waals surface area contributed by atoms with Gasteiger partial charge in [-0.05, 0) is 56.4 Å². The first-order valence-corrected chi connectivity index (χ1v) is 7.99. The van der Waals surface area contributed by atoms with Crippen molar-refractivity contribution >= 4 is 6.08 Å². The molecular weight excluding hydrogens is 244 g/mol. The second kappa shape index (κ2) is 8.84. The van der Waals surface area contributed by atoms with E-state index in [0.29, 0.717) is 5.92 Å². The normalized spacial score (nSPS) is 12.8. The number of hydrogen-bond donors (Lipinski definition) is 0. The van der Waals surface area contributed by atoms with Crippen molar-refractivity contribution in [1.82, 2.24) is 0 Å². The second-order valence-corrected chi connectivity index (χ2v) is 5.70. The molecule has 0 radical (unpaired) electrons. The maximum atomic E-state index is 6.12. The van der Waals surface area contributed by atoms with E-state index in [1.807, 2.05) is 0 Å². The first-order chi connectivity index (χ1) is 9.62. The van der Waals surface area contributed by atoms with Crippen LogP contribution in [0.25, 0.3) is 6.08 Å². The summed E-state index contributed by atoms with van der Waals surface area (Å²) < 4.78 is 6.12. The molecule has 1 heteroatoms. The van der Waals surface area contributed by atoms with Crippen molar-refractivity contribution in [2.24, 2.45) is 5.92 Å². The molecule has 1 aromatic rings. The molecule has 1 rings (SSSR count). The number of ether oxygens (including phenoxy) is 1. The highest BCUT2D eigenvalue weighted by Gasteiger charge is 2.09. The predicted octanol–water partition coefficient (Wildman–Crippen LogP) is 5.93. The van der Waals surface area contributed by atoms with Gasteiger partial charge in [-0.3, -0.25) is 0 Å². The van der Waals surface area contributed by atoms with Gasteiger partial charge in [-0.25, -0.2) is 0 Å². The molecule has 0 saturated carbocycles. The van der Waals surface area contributed by atoms with Crippen molar-refractivity contribution < 1.29 is 4.74 Å². The number of benzene rings is 1. The number of hydrogen-bond acceptors (Lipinski definition) is 1. The van der Waals surface area contributed by atoms with Gasteiger partial charge in [0.15, 0.2) is 0 Å². The number of allylic oxidation sites excluding steroid dienone is 1. The summed E-state index contributed by atoms with van der Waals surface area (Å²) in [6.07, 6.45) is 9.25. The maximum Gasteiger partial charge on any atom is 0.126 e. The summed E-state index contributed by atoms with van der Waals surface area (Å²) in [7, 11) is 0. The fourth-order valence-corrected chi connectivity index (χ4v) is 2.35. The minimum absolute atomic E-state index is 0.676. The van der Waals surface area contributed by atoms with Crippen LogP contribution < -0.4 is 4.74 Å². The third-order valence-electron chi connectivity index (χ3n) is 3.99. The summed E-state index contributed by atoms with van der Waals surface area (Å²) in [5.74, 6) is 1.70. The molecule has 1 nitrogen and oxygen atoms in total. The van der Waals surface area contributed by atoms with E-state index < -0.39 is 0 Å². The minimum atomic E-state index is 0.676. The molecule has 0 amide bonds. The Labute approximate surface area is 125 Å². The van der Waals surface area contributed by atoms with Crippen LogP contribution in [0.3, 0.4) is 0 Å². The molecule has 0 aromatic heterocycles. The van der Waals surface area contributed by atoms with Gasteiger partial charge in [0.1, 0.15) is 5.75 Å². The molecule has 0 saturated heterocycles. The molecule has 1 aromatic carbocycles. The van der Waals surface area contributed by atoms with E-state index in [1.54, 1.807) is 0 Å². The minimum Gasteiger partial charge on any atom is -0.493 e. The molecule has 0 aliphatic heterocycles. The zero-order valence-corrected chi connectivity index (χ0v) is 13.8. The molecule has 0 fully saturated rings. The van der Waals surface area contributed by atoms with Gasteiger partial charge in [0.25, 0.3) is 0 Å². The summed E-state index contributed by atoms with van der Waals surface area (Å²) in [6.45, 7) is 11.7. The van der Waals surface area contributed by atoms with Gasteiger partial charge >= 0.3 is 0 Å². The summed E-state index contributed by atoms with van der Waals surface area (Å²) >= 11 is 0. The monoisotopic (exact) mass is 274 g/mol. The van der Waals surface area contributed by atoms with E-state index >= 15 is 0 Å². The molecule has 0 N–H and O–H groups in total. The lowest BCUT2D eigenvalue weighted by atomic mass is 10.0. The lowest BCUT2D eigenvalue weighted by Crippen LogP contribution is -2.12. The lowest BCUT2D eigenvalue weighted by molar-refractivity contribution is 0.233. The standard InChI is InChI=1S/C19H30O/c1-6-9-11-17(8-3)14-20-19-13-16(5)15(4)12-18(19)10-7-2/h7,10,12-13,17H,6,8-9,11,14H2,1-5H3/b10-7+. The Bertz CT molecular complexity index is 432. The molecule has 0 spiro atoms. The van der Waals surface area contributed by atoms with E-state index in [-0.39, 0.29) is 0 Å². The van der Waals surface area contributed by atoms with Crippen molar-refractivity contribution in [1.29, 1.82) is 0 Å². The van der Waals surface area contributed by atoms with Crippen LogP contribution in [0.15, 0.2) is 18.2 Å². The third-order valence-corrected chi connectivity index (χ3v) is 3.99. The van der Waals surface area contributed by atoms with E-state index in [1.165, 1.54) is 42.4 Å². The van der Waals surface area contributed by atoms with Gasteiger partial charge in [-0.1, -0.05) is 45.3 Å². The molecule has 20 heavy (non-hydrogen) atoms. The lowest BCUT2D eigenvalue weighted by Gasteiger charge is -2.18. The number of unbranched alkanes of at least 4 members (excludes halogenated alkanes) is 1. The molecule has 1 atom stereocenters. The van der Waals surface area contributed by atoms with Crippen molar-refractivity contribution in [3.63, 3.8) is 0 Å². The average molecular weight is 274 g/mol. The number of rotatable bonds is 8. The molecule has 0 bridgehead atoms. The van der Waals surface area contributed by atoms with Crippen LogP contribution in [-0.4, -0.2) is 6.61 Å². The van der Waals surface area contributed by atoms with Crippen molar-refractivity contribution in [2.45, 2.75) is 60.3 Å². The van der Waals surface area contributed by atoms with Crippen LogP contribution in [0.2, 0.25) is 0 Å². The predicted molar refractivity (Wildman–Crippen MR) is 89.4 cm³/mol. The van der Waals surface area contributed by atoms with Gasteiger partial charge in [0, 0.05) is 5.56 Å². The van der Waals surface area contributed by atoms with Gasteiger partial charge in [-0.15, -0.1) is 0 Å². The van der Waals surface area contributed by atoms with E-state index in [2.05, 4.69) is 58.9 Å². The molecule has 0 aliphatic carbocycles. The fourth-order valence-electron chi connectivity index (χ4n) is 2.35. The summed E-state index contributed by atoms with van der Waals surface area (Å²) in [5.41, 5.74) is 3.82. The van der Waals surface area contributed by atoms with Gasteiger partial charge in [0.2, 0.25) is 0 Å². The van der Waals surface area contributed by atoms with Crippen LogP contribution in [0.5, 0.6) is 5.75 Å². The Balaban J connectivity index is 2.77. The number of aryl methyl sites for hydroxylation is 2. The fraction of sp³-hybridized carbons (Fsp3) is 0.579. The van der Waals surface area contributed by atoms with E-state index in [9.17, 15) is 0 Å². The topological polar surface area (TPSA) is 9.23 Å². The highest BCUT2D eigenvalue weighted by Crippen LogP contribution is 2.26. The average Bonchev–Trinajstić information content (AvgIpc) is 2.44. The van der Waals surface area contributed by atoms with Crippen molar-refractivity contribution in [3.05, 3.63) is 34.9 Å². The van der Waals surface area contributed by atoms with E-state index in [0.717, 1.165) is 12.4 Å². The largest absolute Gasteiger partial charge is 0.493 e. The van der Waals surface area contributed by atoms with Crippen LogP contribution in [-0.2, 0) is 0 Å². The zero-order chi connectivity index (χ0) is 15.0. The zero-order valence-electron chi connectivity index (χ0n) is 13.8. The van der Waals surface area contributed by atoms with Crippen molar-refractivity contribution in [2.75, 3.05) is 6.61 Å². The van der Waals surface area contributed by atoms with Crippen molar-refractivity contribution in [3.8, 4) is 5.75 Å². The summed E-state index contributed by atoms with van der Waals surface area (Å²) in [6, 6.07) is 4.40. The third kappa shape index (κ3) is 5.03. The van der Waals surface area contributed by atoms with E-state index in [4.69, 9.17) is 4.74 Å². The summed E-state index contributed by atoms with van der Waals surface area (Å²) in [4.78, 5) is 0. The smallest absolute Gasteiger partial charge is 0.126 e. The molecule has 0 heterocycles. The summed E-state index contributed by atoms with van der Waals surface area (Å²) in [5, 5.41) is 0. The van der Waals surface area contributed by atoms with Crippen LogP contribution in [0.4, 0.5) is 0 Å². The quantitative estimate of drug-likeness (QED) is 0.570. The molecular formula is C19H30O. The Morgan fingerprint density at radius 1 is 1.15 bits per heavy atom. The van der Waals surface area contributed by atoms with Gasteiger partial charge in [-0.2, -0.15) is 0 Å². The van der Waals surface area contributed by atoms with Crippen LogP contribution in [0.1, 0.15) is 63.1 Å². The van der Waals surface area contributed by atoms with Gasteiger partial charge < -0.3 is 4.74 Å². The first-order valence-electron chi connectivity index (χ1n) is 7.99. The second-order valence-electron chi connectivity index (χ2n) is 5.70. The highest BCUT2D eigenvalue weighted by atomic mass is 16.5. The molecule has 112 valence electrons. The first kappa shape index (κ1) is 16.8. The van der Waals surface area contributed by atoms with Crippen LogP contribution in [0, 0.1) is 19.8 Å². The molecule has 1 unspecified atom stereocenters. The Kier molecular flexibility index (Phi) is 7.43. The molecule has 0 aliphatic rings. The Morgan fingerprint density at radius 3 is 2.45 bits per heavy atom.